The van der Waals surface area contributed by atoms with Crippen LogP contribution in [0.1, 0.15) is 19.4 Å². The van der Waals surface area contributed by atoms with Crippen molar-refractivity contribution in [3.05, 3.63) is 33.8 Å². The van der Waals surface area contributed by atoms with Crippen molar-refractivity contribution in [3.63, 3.8) is 0 Å². The molecule has 0 heterocycles. The van der Waals surface area contributed by atoms with Crippen LogP contribution in [0.15, 0.2) is 18.2 Å². The summed E-state index contributed by atoms with van der Waals surface area (Å²) in [5, 5.41) is 11.5. The van der Waals surface area contributed by atoms with Gasteiger partial charge < -0.3 is 10.0 Å². The Morgan fingerprint density at radius 3 is 2.12 bits per heavy atom. The number of benzene rings is 1. The lowest BCUT2D eigenvalue weighted by Gasteiger charge is -2.37. The van der Waals surface area contributed by atoms with Crippen molar-refractivity contribution < 1.29 is 5.11 Å². The molecule has 17 heavy (non-hydrogen) atoms. The van der Waals surface area contributed by atoms with Gasteiger partial charge in [0.05, 0.1) is 6.10 Å². The smallest absolute Gasteiger partial charge is 0.0759 e. The Morgan fingerprint density at radius 1 is 1.24 bits per heavy atom. The molecule has 0 amide bonds. The number of hydrogen-bond donors (Lipinski definition) is 1. The van der Waals surface area contributed by atoms with Crippen LogP contribution in [0.4, 0.5) is 0 Å². The fourth-order valence-electron chi connectivity index (χ4n) is 1.47. The van der Waals surface area contributed by atoms with Crippen molar-refractivity contribution in [2.24, 2.45) is 0 Å². The van der Waals surface area contributed by atoms with Crippen molar-refractivity contribution in [2.75, 3.05) is 14.1 Å². The zero-order valence-electron chi connectivity index (χ0n) is 10.7. The van der Waals surface area contributed by atoms with E-state index in [1.807, 2.05) is 32.8 Å². The molecule has 0 aliphatic heterocycles. The Bertz CT molecular complexity index is 371. The molecule has 1 aromatic rings. The number of halogens is 2. The Hall–Kier alpha value is -0.280. The maximum atomic E-state index is 10.3. The highest BCUT2D eigenvalue weighted by atomic mass is 35.5. The van der Waals surface area contributed by atoms with Gasteiger partial charge in [0.25, 0.3) is 0 Å². The fraction of sp³-hybridized carbons (Fsp3) is 0.538. The molecule has 0 spiro atoms. The lowest BCUT2D eigenvalue weighted by molar-refractivity contribution is 0.0183. The molecule has 1 unspecified atom stereocenters. The molecular weight excluding hydrogens is 257 g/mol. The Labute approximate surface area is 113 Å². The Kier molecular flexibility index (Phi) is 4.85. The topological polar surface area (TPSA) is 23.5 Å². The normalized spacial score (nSPS) is 14.1. The van der Waals surface area contributed by atoms with Gasteiger partial charge >= 0.3 is 0 Å². The maximum absolute atomic E-state index is 10.3. The predicted molar refractivity (Wildman–Crippen MR) is 73.9 cm³/mol. The van der Waals surface area contributed by atoms with Crippen LogP contribution in [0.25, 0.3) is 0 Å². The first-order chi connectivity index (χ1) is 7.76. The standard InChI is InChI=1S/C13H19Cl2NO/c1-13(2,16(3)4)12(17)8-9-10(14)6-5-7-11(9)15/h5-7,12,17H,8H2,1-4H3. The molecule has 0 aromatic heterocycles. The average molecular weight is 276 g/mol. The molecule has 0 saturated carbocycles. The zero-order valence-corrected chi connectivity index (χ0v) is 12.2. The summed E-state index contributed by atoms with van der Waals surface area (Å²) in [6, 6.07) is 5.38. The van der Waals surface area contributed by atoms with E-state index in [9.17, 15) is 5.11 Å². The predicted octanol–water partition coefficient (Wildman–Crippen LogP) is 3.24. The van der Waals surface area contributed by atoms with Crippen LogP contribution in [0.3, 0.4) is 0 Å². The first-order valence-electron chi connectivity index (χ1n) is 5.55. The van der Waals surface area contributed by atoms with Gasteiger partial charge in [-0.3, -0.25) is 0 Å². The number of aliphatic hydroxyl groups is 1. The molecule has 0 radical (unpaired) electrons. The minimum Gasteiger partial charge on any atom is -0.391 e. The van der Waals surface area contributed by atoms with Gasteiger partial charge in [-0.2, -0.15) is 0 Å². The molecule has 4 heteroatoms. The fourth-order valence-corrected chi connectivity index (χ4v) is 2.02. The third kappa shape index (κ3) is 3.35. The molecule has 1 rings (SSSR count). The van der Waals surface area contributed by atoms with E-state index in [0.717, 1.165) is 5.56 Å². The molecule has 0 aliphatic carbocycles. The second kappa shape index (κ2) is 5.57. The third-order valence-electron chi connectivity index (χ3n) is 3.43. The summed E-state index contributed by atoms with van der Waals surface area (Å²) in [4.78, 5) is 1.99. The number of nitrogens with zero attached hydrogens (tertiary/aromatic N) is 1. The molecule has 0 saturated heterocycles. The summed E-state index contributed by atoms with van der Waals surface area (Å²) >= 11 is 12.2. The van der Waals surface area contributed by atoms with Crippen LogP contribution in [-0.2, 0) is 6.42 Å². The van der Waals surface area contributed by atoms with Crippen LogP contribution in [0, 0.1) is 0 Å². The van der Waals surface area contributed by atoms with Crippen LogP contribution in [0.5, 0.6) is 0 Å². The molecule has 1 aromatic carbocycles. The van der Waals surface area contributed by atoms with Crippen molar-refractivity contribution in [2.45, 2.75) is 31.9 Å². The van der Waals surface area contributed by atoms with Crippen molar-refractivity contribution in [1.29, 1.82) is 0 Å². The molecule has 96 valence electrons. The average Bonchev–Trinajstić information content (AvgIpc) is 2.23. The van der Waals surface area contributed by atoms with Crippen molar-refractivity contribution in [1.82, 2.24) is 4.90 Å². The highest BCUT2D eigenvalue weighted by molar-refractivity contribution is 6.35. The lowest BCUT2D eigenvalue weighted by atomic mass is 9.91. The number of hydrogen-bond acceptors (Lipinski definition) is 2. The quantitative estimate of drug-likeness (QED) is 0.912. The molecule has 0 aliphatic rings. The number of likely N-dealkylation sites (N-methyl/N-ethyl adjacent to an activating group) is 1. The molecule has 1 atom stereocenters. The summed E-state index contributed by atoms with van der Waals surface area (Å²) < 4.78 is 0. The van der Waals surface area contributed by atoms with Gasteiger partial charge in [-0.15, -0.1) is 0 Å². The number of aliphatic hydroxyl groups excluding tert-OH is 1. The molecule has 0 fully saturated rings. The van der Waals surface area contributed by atoms with E-state index in [4.69, 9.17) is 23.2 Å². The minimum absolute atomic E-state index is 0.331. The number of rotatable bonds is 4. The Balaban J connectivity index is 2.92. The highest BCUT2D eigenvalue weighted by Gasteiger charge is 2.30. The van der Waals surface area contributed by atoms with E-state index >= 15 is 0 Å². The van der Waals surface area contributed by atoms with Gasteiger partial charge in [0, 0.05) is 22.0 Å². The summed E-state index contributed by atoms with van der Waals surface area (Å²) in [7, 11) is 3.88. The second-order valence-electron chi connectivity index (χ2n) is 4.97. The van der Waals surface area contributed by atoms with E-state index in [1.165, 1.54) is 0 Å². The van der Waals surface area contributed by atoms with E-state index < -0.39 is 6.10 Å². The summed E-state index contributed by atoms with van der Waals surface area (Å²) in [6.07, 6.45) is -0.0844. The maximum Gasteiger partial charge on any atom is 0.0759 e. The largest absolute Gasteiger partial charge is 0.391 e. The zero-order chi connectivity index (χ0) is 13.2. The summed E-state index contributed by atoms with van der Waals surface area (Å²) in [5.41, 5.74) is 0.473. The monoisotopic (exact) mass is 275 g/mol. The van der Waals surface area contributed by atoms with Gasteiger partial charge in [0.2, 0.25) is 0 Å². The van der Waals surface area contributed by atoms with Crippen LogP contribution >= 0.6 is 23.2 Å². The van der Waals surface area contributed by atoms with Gasteiger partial charge in [-0.25, -0.2) is 0 Å². The van der Waals surface area contributed by atoms with Gasteiger partial charge in [0.1, 0.15) is 0 Å². The Morgan fingerprint density at radius 2 is 1.71 bits per heavy atom. The van der Waals surface area contributed by atoms with E-state index in [-0.39, 0.29) is 5.54 Å². The van der Waals surface area contributed by atoms with Crippen molar-refractivity contribution >= 4 is 23.2 Å². The van der Waals surface area contributed by atoms with E-state index in [2.05, 4.69) is 0 Å². The van der Waals surface area contributed by atoms with Crippen LogP contribution in [0.2, 0.25) is 10.0 Å². The van der Waals surface area contributed by atoms with Crippen LogP contribution < -0.4 is 0 Å². The molecular formula is C13H19Cl2NO. The van der Waals surface area contributed by atoms with Gasteiger partial charge in [0.15, 0.2) is 0 Å². The first kappa shape index (κ1) is 14.8. The minimum atomic E-state index is -0.533. The SMILES string of the molecule is CN(C)C(C)(C)C(O)Cc1c(Cl)cccc1Cl. The molecule has 0 bridgehead atoms. The summed E-state index contributed by atoms with van der Waals surface area (Å²) in [6.45, 7) is 3.98. The van der Waals surface area contributed by atoms with E-state index in [1.54, 1.807) is 18.2 Å². The van der Waals surface area contributed by atoms with E-state index in [0.29, 0.717) is 16.5 Å². The van der Waals surface area contributed by atoms with Gasteiger partial charge in [-0.1, -0.05) is 29.3 Å². The van der Waals surface area contributed by atoms with Gasteiger partial charge in [-0.05, 0) is 45.6 Å². The second-order valence-corrected chi connectivity index (χ2v) is 5.78. The molecule has 2 nitrogen and oxygen atoms in total. The lowest BCUT2D eigenvalue weighted by Crippen LogP contribution is -2.49. The highest BCUT2D eigenvalue weighted by Crippen LogP contribution is 2.28. The van der Waals surface area contributed by atoms with Crippen molar-refractivity contribution in [3.8, 4) is 0 Å². The third-order valence-corrected chi connectivity index (χ3v) is 4.14. The summed E-state index contributed by atoms with van der Waals surface area (Å²) in [5.74, 6) is 0. The first-order valence-corrected chi connectivity index (χ1v) is 6.30. The van der Waals surface area contributed by atoms with Crippen LogP contribution in [-0.4, -0.2) is 35.7 Å². The molecule has 1 N–H and O–H groups in total.